The summed E-state index contributed by atoms with van der Waals surface area (Å²) in [5.41, 5.74) is 1.98. The van der Waals surface area contributed by atoms with Gasteiger partial charge in [0.25, 0.3) is 5.91 Å². The van der Waals surface area contributed by atoms with Crippen molar-refractivity contribution in [3.05, 3.63) is 75.1 Å². The van der Waals surface area contributed by atoms with Gasteiger partial charge in [-0.1, -0.05) is 12.1 Å². The van der Waals surface area contributed by atoms with Crippen LogP contribution in [0.5, 0.6) is 0 Å². The lowest BCUT2D eigenvalue weighted by atomic mass is 9.94. The molecule has 4 rings (SSSR count). The number of aliphatic carboxylic acids is 1. The summed E-state index contributed by atoms with van der Waals surface area (Å²) in [7, 11) is 1.72. The molecule has 1 amide bonds. The molecule has 206 valence electrons. The number of carboxylic acid groups (broad SMARTS) is 1. The molecule has 9 heteroatoms. The molecule has 7 nitrogen and oxygen atoms in total. The molecule has 0 spiro atoms. The number of benzene rings is 1. The fraction of sp³-hybridized carbons (Fsp3) is 0.290. The zero-order valence-corrected chi connectivity index (χ0v) is 25.3. The summed E-state index contributed by atoms with van der Waals surface area (Å²) < 4.78 is 0. The quantitative estimate of drug-likeness (QED) is 0.250. The van der Waals surface area contributed by atoms with E-state index < -0.39 is 5.97 Å². The Morgan fingerprint density at radius 2 is 1.52 bits per heavy atom. The number of anilines is 1. The van der Waals surface area contributed by atoms with E-state index in [1.807, 2.05) is 36.4 Å². The SMILES string of the molecule is CN1C(=O)/C(=C/c2ccc(N(C(C)(C)C)C(C)(C)C)cc2)N=C1c1ccc(-c2ccc(/C=C(/C#N)C(=O)O)s2)s1. The fourth-order valence-corrected chi connectivity index (χ4v) is 6.99. The van der Waals surface area contributed by atoms with Crippen molar-refractivity contribution >= 4 is 58.2 Å². The lowest BCUT2D eigenvalue weighted by Gasteiger charge is -2.47. The molecular formula is C31H32N4O3S2. The lowest BCUT2D eigenvalue weighted by Crippen LogP contribution is -2.53. The molecule has 1 aliphatic rings. The monoisotopic (exact) mass is 572 g/mol. The Labute approximate surface area is 243 Å². The van der Waals surface area contributed by atoms with Gasteiger partial charge >= 0.3 is 5.97 Å². The number of aliphatic imine (C=N–C) groups is 1. The standard InChI is InChI=1S/C31H32N4O3S2/c1-30(2,3)35(31(4,5)6)21-10-8-19(9-11-21)16-23-28(36)34(7)27(33-23)26-15-14-25(40-26)24-13-12-22(39-24)17-20(18-32)29(37)38/h8-17H,1-7H3,(H,37,38)/b20-17-,23-16-. The van der Waals surface area contributed by atoms with Gasteiger partial charge in [0, 0.05) is 38.4 Å². The van der Waals surface area contributed by atoms with Crippen molar-refractivity contribution in [3.8, 4) is 15.8 Å². The second kappa shape index (κ2) is 10.9. The highest BCUT2D eigenvalue weighted by Gasteiger charge is 2.32. The molecule has 1 aliphatic heterocycles. The van der Waals surface area contributed by atoms with Crippen LogP contribution in [0.1, 0.15) is 56.9 Å². The Kier molecular flexibility index (Phi) is 7.88. The Hall–Kier alpha value is -4.00. The minimum Gasteiger partial charge on any atom is -0.477 e. The zero-order valence-electron chi connectivity index (χ0n) is 23.6. The molecular weight excluding hydrogens is 541 g/mol. The van der Waals surface area contributed by atoms with E-state index in [1.165, 1.54) is 28.7 Å². The first kappa shape index (κ1) is 29.0. The van der Waals surface area contributed by atoms with E-state index in [-0.39, 0.29) is 22.6 Å². The second-order valence-corrected chi connectivity index (χ2v) is 13.6. The highest BCUT2D eigenvalue weighted by atomic mass is 32.1. The number of carbonyl (C=O) groups excluding carboxylic acids is 1. The van der Waals surface area contributed by atoms with Crippen molar-refractivity contribution in [2.24, 2.45) is 4.99 Å². The van der Waals surface area contributed by atoms with Gasteiger partial charge in [0.2, 0.25) is 0 Å². The van der Waals surface area contributed by atoms with Gasteiger partial charge in [0.05, 0.1) is 4.88 Å². The summed E-state index contributed by atoms with van der Waals surface area (Å²) in [5.74, 6) is -0.828. The number of nitriles is 1. The molecule has 0 radical (unpaired) electrons. The molecule has 1 aromatic carbocycles. The molecule has 0 saturated carbocycles. The van der Waals surface area contributed by atoms with Crippen LogP contribution in [0.4, 0.5) is 5.69 Å². The largest absolute Gasteiger partial charge is 0.477 e. The summed E-state index contributed by atoms with van der Waals surface area (Å²) in [5, 5.41) is 18.1. The molecule has 0 atom stereocenters. The number of nitrogens with zero attached hydrogens (tertiary/aromatic N) is 4. The third kappa shape index (κ3) is 6.09. The van der Waals surface area contributed by atoms with Crippen LogP contribution in [0.3, 0.4) is 0 Å². The highest BCUT2D eigenvalue weighted by molar-refractivity contribution is 7.23. The van der Waals surface area contributed by atoms with E-state index in [4.69, 9.17) is 10.4 Å². The second-order valence-electron chi connectivity index (χ2n) is 11.4. The molecule has 0 saturated heterocycles. The first-order chi connectivity index (χ1) is 18.7. The van der Waals surface area contributed by atoms with Crippen molar-refractivity contribution in [2.75, 3.05) is 11.9 Å². The number of hydrogen-bond acceptors (Lipinski definition) is 7. The normalized spacial score (nSPS) is 15.4. The molecule has 1 N–H and O–H groups in total. The third-order valence-electron chi connectivity index (χ3n) is 6.20. The van der Waals surface area contributed by atoms with E-state index in [2.05, 4.69) is 63.6 Å². The summed E-state index contributed by atoms with van der Waals surface area (Å²) in [4.78, 5) is 36.3. The van der Waals surface area contributed by atoms with E-state index in [0.29, 0.717) is 16.4 Å². The molecule has 0 aliphatic carbocycles. The maximum Gasteiger partial charge on any atom is 0.346 e. The Bertz CT molecular complexity index is 1570. The molecule has 3 aromatic rings. The van der Waals surface area contributed by atoms with Gasteiger partial charge in [-0.15, -0.1) is 22.7 Å². The van der Waals surface area contributed by atoms with Crippen LogP contribution in [-0.2, 0) is 9.59 Å². The number of likely N-dealkylation sites (N-methyl/N-ethyl adjacent to an activating group) is 1. The first-order valence-corrected chi connectivity index (χ1v) is 14.4. The lowest BCUT2D eigenvalue weighted by molar-refractivity contribution is -0.132. The zero-order chi connectivity index (χ0) is 29.4. The minimum absolute atomic E-state index is 0.0550. The summed E-state index contributed by atoms with van der Waals surface area (Å²) in [6.45, 7) is 13.2. The topological polar surface area (TPSA) is 97.0 Å². The summed E-state index contributed by atoms with van der Waals surface area (Å²) in [6, 6.07) is 17.5. The maximum absolute atomic E-state index is 13.1. The summed E-state index contributed by atoms with van der Waals surface area (Å²) in [6.07, 6.45) is 3.18. The fourth-order valence-electron chi connectivity index (χ4n) is 4.92. The van der Waals surface area contributed by atoms with Crippen LogP contribution >= 0.6 is 22.7 Å². The van der Waals surface area contributed by atoms with Gasteiger partial charge in [-0.05, 0) is 95.7 Å². The van der Waals surface area contributed by atoms with E-state index in [1.54, 1.807) is 24.1 Å². The summed E-state index contributed by atoms with van der Waals surface area (Å²) >= 11 is 2.90. The van der Waals surface area contributed by atoms with Gasteiger partial charge in [-0.3, -0.25) is 9.69 Å². The van der Waals surface area contributed by atoms with Crippen LogP contribution in [-0.4, -0.2) is 45.8 Å². The van der Waals surface area contributed by atoms with E-state index in [0.717, 1.165) is 25.9 Å². The molecule has 40 heavy (non-hydrogen) atoms. The molecule has 0 fully saturated rings. The van der Waals surface area contributed by atoms with Gasteiger partial charge < -0.3 is 10.0 Å². The minimum atomic E-state index is -1.25. The highest BCUT2D eigenvalue weighted by Crippen LogP contribution is 2.36. The number of thiophene rings is 2. The molecule has 3 heterocycles. The van der Waals surface area contributed by atoms with Crippen molar-refractivity contribution < 1.29 is 14.7 Å². The van der Waals surface area contributed by atoms with Crippen molar-refractivity contribution in [1.29, 1.82) is 5.26 Å². The van der Waals surface area contributed by atoms with Crippen LogP contribution < -0.4 is 4.90 Å². The average molecular weight is 573 g/mol. The number of amides is 1. The van der Waals surface area contributed by atoms with Crippen molar-refractivity contribution in [1.82, 2.24) is 4.90 Å². The Balaban J connectivity index is 1.58. The van der Waals surface area contributed by atoms with Crippen molar-refractivity contribution in [3.63, 3.8) is 0 Å². The third-order valence-corrected chi connectivity index (χ3v) is 8.51. The van der Waals surface area contributed by atoms with E-state index in [9.17, 15) is 9.59 Å². The predicted octanol–water partition coefficient (Wildman–Crippen LogP) is 7.13. The van der Waals surface area contributed by atoms with Gasteiger partial charge in [-0.2, -0.15) is 5.26 Å². The van der Waals surface area contributed by atoms with Gasteiger partial charge in [0.1, 0.15) is 17.3 Å². The van der Waals surface area contributed by atoms with Crippen LogP contribution in [0.2, 0.25) is 0 Å². The molecule has 2 aromatic heterocycles. The molecule has 0 bridgehead atoms. The van der Waals surface area contributed by atoms with E-state index >= 15 is 0 Å². The van der Waals surface area contributed by atoms with Crippen LogP contribution in [0.15, 0.2) is 64.8 Å². The maximum atomic E-state index is 13.1. The smallest absolute Gasteiger partial charge is 0.346 e. The number of rotatable bonds is 6. The van der Waals surface area contributed by atoms with Crippen LogP contribution in [0, 0.1) is 11.3 Å². The van der Waals surface area contributed by atoms with Crippen LogP contribution in [0.25, 0.3) is 21.9 Å². The average Bonchev–Trinajstić information content (AvgIpc) is 3.58. The number of carboxylic acids is 1. The van der Waals surface area contributed by atoms with Gasteiger partial charge in [-0.25, -0.2) is 9.79 Å². The number of hydrogen-bond donors (Lipinski definition) is 1. The predicted molar refractivity (Wildman–Crippen MR) is 165 cm³/mol. The number of amidine groups is 1. The van der Waals surface area contributed by atoms with Gasteiger partial charge in [0.15, 0.2) is 5.84 Å². The Morgan fingerprint density at radius 1 is 0.950 bits per heavy atom. The van der Waals surface area contributed by atoms with Crippen molar-refractivity contribution in [2.45, 2.75) is 52.6 Å². The Morgan fingerprint density at radius 3 is 2.10 bits per heavy atom. The number of carbonyl (C=O) groups is 2. The molecule has 0 unspecified atom stereocenters. The first-order valence-electron chi connectivity index (χ1n) is 12.7.